The Hall–Kier alpha value is -4.23. The number of aliphatic hydroxyl groups is 1. The predicted molar refractivity (Wildman–Crippen MR) is 149 cm³/mol. The van der Waals surface area contributed by atoms with Crippen LogP contribution in [0.1, 0.15) is 16.7 Å². The first kappa shape index (κ1) is 29.3. The minimum absolute atomic E-state index is 0.263. The number of benzene rings is 3. The molecule has 0 fully saturated rings. The van der Waals surface area contributed by atoms with Gasteiger partial charge in [0.05, 0.1) is 38.7 Å². The Bertz CT molecular complexity index is 1210. The van der Waals surface area contributed by atoms with Crippen molar-refractivity contribution in [3.63, 3.8) is 0 Å². The lowest BCUT2D eigenvalue weighted by Gasteiger charge is -2.30. The van der Waals surface area contributed by atoms with Gasteiger partial charge in [-0.25, -0.2) is 9.69 Å². The summed E-state index contributed by atoms with van der Waals surface area (Å²) in [4.78, 5) is 40.5. The second-order valence-electron chi connectivity index (χ2n) is 9.20. The van der Waals surface area contributed by atoms with E-state index in [1.807, 2.05) is 91.0 Å². The van der Waals surface area contributed by atoms with Gasteiger partial charge in [-0.15, -0.1) is 0 Å². The number of esters is 1. The minimum atomic E-state index is -0.852. The maximum atomic E-state index is 14.0. The molecule has 0 saturated carbocycles. The van der Waals surface area contributed by atoms with Crippen LogP contribution in [0.15, 0.2) is 103 Å². The van der Waals surface area contributed by atoms with Gasteiger partial charge >= 0.3 is 12.1 Å². The Morgan fingerprint density at radius 3 is 1.56 bits per heavy atom. The summed E-state index contributed by atoms with van der Waals surface area (Å²) < 4.78 is 10.00. The van der Waals surface area contributed by atoms with Crippen LogP contribution in [-0.4, -0.2) is 54.8 Å². The van der Waals surface area contributed by atoms with Crippen LogP contribution in [0.3, 0.4) is 0 Å². The molecule has 0 aliphatic rings. The molecule has 3 atom stereocenters. The number of hydrogen-bond acceptors (Lipinski definition) is 6. The normalized spacial score (nSPS) is 13.3. The fraction of sp³-hybridized carbons (Fsp3) is 0.281. The molecule has 0 bridgehead atoms. The molecule has 0 aromatic heterocycles. The molecule has 0 spiro atoms. The van der Waals surface area contributed by atoms with Crippen LogP contribution in [0, 0.1) is 11.8 Å². The second kappa shape index (κ2) is 15.2. The first-order valence-electron chi connectivity index (χ1n) is 12.9. The van der Waals surface area contributed by atoms with Gasteiger partial charge in [-0.3, -0.25) is 9.59 Å². The van der Waals surface area contributed by atoms with Crippen molar-refractivity contribution in [1.29, 1.82) is 0 Å². The Balaban J connectivity index is 1.95. The average molecular weight is 530 g/mol. The van der Waals surface area contributed by atoms with E-state index in [1.54, 1.807) is 12.2 Å². The largest absolute Gasteiger partial charge is 0.469 e. The number of rotatable bonds is 12. The molecule has 7 nitrogen and oxygen atoms in total. The van der Waals surface area contributed by atoms with Crippen LogP contribution in [0.2, 0.25) is 0 Å². The highest BCUT2D eigenvalue weighted by Gasteiger charge is 2.34. The van der Waals surface area contributed by atoms with E-state index in [-0.39, 0.29) is 12.8 Å². The number of amides is 2. The molecule has 0 saturated heterocycles. The summed E-state index contributed by atoms with van der Waals surface area (Å²) in [6.07, 6.45) is 3.42. The Morgan fingerprint density at radius 1 is 0.692 bits per heavy atom. The number of carbonyl (C=O) groups excluding carboxylic acids is 3. The number of nitrogens with zero attached hydrogens (tertiary/aromatic N) is 1. The van der Waals surface area contributed by atoms with Gasteiger partial charge in [0.25, 0.3) is 0 Å². The first-order valence-corrected chi connectivity index (χ1v) is 12.9. The van der Waals surface area contributed by atoms with Gasteiger partial charge in [-0.05, 0) is 36.0 Å². The van der Waals surface area contributed by atoms with E-state index >= 15 is 0 Å². The standard InChI is InChI=1S/C32H35NO6/c1-38-31(36)28(21-25-14-8-4-9-15-25)19-18-27(20-24-12-6-3-7-13-24)30(35)33(32(37)39-2)29(23-34)22-26-16-10-5-11-17-26/h3-19,27-29,34H,20-23H2,1-2H3/b19-18+/t27-,28-,29+/m1/s1. The van der Waals surface area contributed by atoms with Gasteiger partial charge in [0.15, 0.2) is 0 Å². The van der Waals surface area contributed by atoms with Crippen molar-refractivity contribution >= 4 is 18.0 Å². The number of imide groups is 1. The number of hydrogen-bond donors (Lipinski definition) is 1. The predicted octanol–water partition coefficient (Wildman–Crippen LogP) is 4.63. The molecule has 1 N–H and O–H groups in total. The SMILES string of the molecule is COC(=O)[C@H](/C=C/[C@H](Cc1ccccc1)C(=O)N(C(=O)OC)[C@H](CO)Cc1ccccc1)Cc1ccccc1. The van der Waals surface area contributed by atoms with Crippen LogP contribution in [0.4, 0.5) is 4.79 Å². The van der Waals surface area contributed by atoms with Crippen LogP contribution >= 0.6 is 0 Å². The molecule has 2 amide bonds. The summed E-state index contributed by atoms with van der Waals surface area (Å²) in [5.41, 5.74) is 2.69. The van der Waals surface area contributed by atoms with E-state index in [1.165, 1.54) is 14.2 Å². The quantitative estimate of drug-likeness (QED) is 0.272. The second-order valence-corrected chi connectivity index (χ2v) is 9.20. The molecule has 39 heavy (non-hydrogen) atoms. The monoisotopic (exact) mass is 529 g/mol. The van der Waals surface area contributed by atoms with E-state index in [0.717, 1.165) is 21.6 Å². The molecule has 0 aliphatic heterocycles. The molecule has 3 aromatic carbocycles. The van der Waals surface area contributed by atoms with Crippen LogP contribution in [0.25, 0.3) is 0 Å². The maximum Gasteiger partial charge on any atom is 0.416 e. The molecule has 0 aliphatic carbocycles. The number of methoxy groups -OCH3 is 2. The summed E-state index contributed by atoms with van der Waals surface area (Å²) in [5.74, 6) is -2.39. The lowest BCUT2D eigenvalue weighted by Crippen LogP contribution is -2.50. The zero-order valence-corrected chi connectivity index (χ0v) is 22.3. The molecule has 0 radical (unpaired) electrons. The number of carbonyl (C=O) groups is 3. The van der Waals surface area contributed by atoms with Crippen molar-refractivity contribution in [3.8, 4) is 0 Å². The van der Waals surface area contributed by atoms with Gasteiger partial charge < -0.3 is 14.6 Å². The first-order chi connectivity index (χ1) is 19.0. The number of ether oxygens (including phenoxy) is 2. The van der Waals surface area contributed by atoms with Crippen molar-refractivity contribution in [1.82, 2.24) is 4.90 Å². The van der Waals surface area contributed by atoms with Crippen LogP contribution < -0.4 is 0 Å². The van der Waals surface area contributed by atoms with Gasteiger partial charge in [0.1, 0.15) is 0 Å². The fourth-order valence-electron chi connectivity index (χ4n) is 4.44. The van der Waals surface area contributed by atoms with Gasteiger partial charge in [0.2, 0.25) is 5.91 Å². The van der Waals surface area contributed by atoms with E-state index in [9.17, 15) is 19.5 Å². The van der Waals surface area contributed by atoms with E-state index < -0.39 is 42.5 Å². The lowest BCUT2D eigenvalue weighted by atomic mass is 9.92. The number of aliphatic hydroxyl groups excluding tert-OH is 1. The van der Waals surface area contributed by atoms with Crippen molar-refractivity contribution in [2.45, 2.75) is 25.3 Å². The van der Waals surface area contributed by atoms with E-state index in [2.05, 4.69) is 0 Å². The Labute approximate surface area is 229 Å². The molecular formula is C32H35NO6. The summed E-state index contributed by atoms with van der Waals surface area (Å²) in [6, 6.07) is 27.4. The molecule has 3 rings (SSSR count). The zero-order chi connectivity index (χ0) is 28.0. The minimum Gasteiger partial charge on any atom is -0.469 e. The highest BCUT2D eigenvalue weighted by Crippen LogP contribution is 2.21. The third kappa shape index (κ3) is 8.65. The topological polar surface area (TPSA) is 93.1 Å². The Kier molecular flexibility index (Phi) is 11.5. The van der Waals surface area contributed by atoms with Crippen molar-refractivity contribution in [2.24, 2.45) is 11.8 Å². The Morgan fingerprint density at radius 2 is 1.13 bits per heavy atom. The third-order valence-electron chi connectivity index (χ3n) is 6.49. The molecule has 0 heterocycles. The van der Waals surface area contributed by atoms with Crippen LogP contribution in [-0.2, 0) is 38.3 Å². The highest BCUT2D eigenvalue weighted by atomic mass is 16.5. The zero-order valence-electron chi connectivity index (χ0n) is 22.3. The van der Waals surface area contributed by atoms with Crippen LogP contribution in [0.5, 0.6) is 0 Å². The summed E-state index contributed by atoms with van der Waals surface area (Å²) >= 11 is 0. The van der Waals surface area contributed by atoms with Gasteiger partial charge in [-0.1, -0.05) is 103 Å². The van der Waals surface area contributed by atoms with Crippen molar-refractivity contribution in [3.05, 3.63) is 120 Å². The maximum absolute atomic E-state index is 14.0. The molecule has 204 valence electrons. The highest BCUT2D eigenvalue weighted by molar-refractivity contribution is 5.94. The van der Waals surface area contributed by atoms with Crippen molar-refractivity contribution < 1.29 is 29.0 Å². The summed E-state index contributed by atoms with van der Waals surface area (Å²) in [5, 5.41) is 10.2. The third-order valence-corrected chi connectivity index (χ3v) is 6.49. The smallest absolute Gasteiger partial charge is 0.416 e. The lowest BCUT2D eigenvalue weighted by molar-refractivity contribution is -0.143. The molecule has 3 aromatic rings. The summed E-state index contributed by atoms with van der Waals surface area (Å²) in [6.45, 7) is -0.434. The molecular weight excluding hydrogens is 494 g/mol. The molecule has 7 heteroatoms. The van der Waals surface area contributed by atoms with Gasteiger partial charge in [-0.2, -0.15) is 0 Å². The van der Waals surface area contributed by atoms with Crippen molar-refractivity contribution in [2.75, 3.05) is 20.8 Å². The van der Waals surface area contributed by atoms with E-state index in [4.69, 9.17) is 9.47 Å². The van der Waals surface area contributed by atoms with Gasteiger partial charge in [0, 0.05) is 0 Å². The molecule has 0 unspecified atom stereocenters. The van der Waals surface area contributed by atoms with E-state index in [0.29, 0.717) is 6.42 Å². The average Bonchev–Trinajstić information content (AvgIpc) is 2.98. The summed E-state index contributed by atoms with van der Waals surface area (Å²) in [7, 11) is 2.53. The fourth-order valence-corrected chi connectivity index (χ4v) is 4.44.